The highest BCUT2D eigenvalue weighted by molar-refractivity contribution is 4.81. The number of halogens is 1. The molecule has 8 heteroatoms. The second-order valence-electron chi connectivity index (χ2n) is 9.53. The number of aliphatic hydroxyl groups excluding tert-OH is 1. The Morgan fingerprint density at radius 3 is 1.58 bits per heavy atom. The zero-order chi connectivity index (χ0) is 25.3. The smallest absolute Gasteiger partial charge is 0.102 e. The van der Waals surface area contributed by atoms with E-state index in [2.05, 4.69) is 38.5 Å². The highest BCUT2D eigenvalue weighted by atomic mass is 35.7. The normalized spacial score (nSPS) is 12.2. The Labute approximate surface area is 206 Å². The van der Waals surface area contributed by atoms with Crippen molar-refractivity contribution in [2.45, 2.75) is 103 Å². The van der Waals surface area contributed by atoms with Gasteiger partial charge >= 0.3 is 0 Å². The van der Waals surface area contributed by atoms with Crippen molar-refractivity contribution in [2.75, 3.05) is 46.9 Å². The number of allylic oxidation sites excluding steroid dienone is 2. The maximum Gasteiger partial charge on any atom is 0.102 e. The van der Waals surface area contributed by atoms with Crippen LogP contribution < -0.4 is 24.0 Å². The minimum absolute atomic E-state index is 0.288. The van der Waals surface area contributed by atoms with Crippen molar-refractivity contribution in [2.24, 2.45) is 0 Å². The topological polar surface area (TPSA) is 124 Å². The molecule has 200 valence electrons. The van der Waals surface area contributed by atoms with Crippen LogP contribution in [0.3, 0.4) is 0 Å². The first-order valence-electron chi connectivity index (χ1n) is 13.0. The number of likely N-dealkylation sites (N-methyl/N-ethyl adjacent to an activating group) is 1. The Balaban J connectivity index is 0. The molecule has 0 bridgehead atoms. The fraction of sp³-hybridized carbons (Fsp3) is 0.920. The lowest BCUT2D eigenvalue weighted by Gasteiger charge is -2.28. The third-order valence-corrected chi connectivity index (χ3v) is 5.69. The van der Waals surface area contributed by atoms with Gasteiger partial charge in [-0.25, -0.2) is 18.6 Å². The van der Waals surface area contributed by atoms with Crippen molar-refractivity contribution in [1.29, 1.82) is 0 Å². The average molecular weight is 497 g/mol. The van der Waals surface area contributed by atoms with E-state index in [1.165, 1.54) is 96.3 Å². The molecular formula is C25H53ClN2O5. The molecule has 0 heterocycles. The molecule has 0 amide bonds. The molecule has 0 aromatic heterocycles. The van der Waals surface area contributed by atoms with Gasteiger partial charge in [0.2, 0.25) is 0 Å². The fourth-order valence-corrected chi connectivity index (χ4v) is 3.64. The van der Waals surface area contributed by atoms with Crippen LogP contribution in [0.15, 0.2) is 12.2 Å². The number of hydrogen-bond acceptors (Lipinski definition) is 6. The van der Waals surface area contributed by atoms with Crippen molar-refractivity contribution >= 4 is 0 Å². The molecule has 0 fully saturated rings. The first-order chi connectivity index (χ1) is 15.6. The van der Waals surface area contributed by atoms with Crippen LogP contribution in [0.1, 0.15) is 103 Å². The van der Waals surface area contributed by atoms with Crippen LogP contribution in [0.2, 0.25) is 0 Å². The van der Waals surface area contributed by atoms with Gasteiger partial charge in [0.15, 0.2) is 0 Å². The van der Waals surface area contributed by atoms with E-state index >= 15 is 0 Å². The summed E-state index contributed by atoms with van der Waals surface area (Å²) >= 11 is 0. The molecule has 0 saturated carbocycles. The number of nitrogens with one attached hydrogen (secondary N) is 1. The van der Waals surface area contributed by atoms with Crippen LogP contribution in [0.25, 0.3) is 0 Å². The third kappa shape index (κ3) is 39.3. The molecule has 0 aliphatic rings. The summed E-state index contributed by atoms with van der Waals surface area (Å²) in [5.74, 6) is 0. The molecule has 0 aromatic carbocycles. The van der Waals surface area contributed by atoms with Crippen LogP contribution in [0, 0.1) is 10.2 Å². The van der Waals surface area contributed by atoms with Gasteiger partial charge in [-0.1, -0.05) is 76.9 Å². The highest BCUT2D eigenvalue weighted by Crippen LogP contribution is 2.09. The Bertz CT molecular complexity index is 412. The second kappa shape index (κ2) is 24.9. The van der Waals surface area contributed by atoms with Gasteiger partial charge in [-0.15, -0.1) is 10.2 Å². The Hall–Kier alpha value is -0.250. The molecule has 0 atom stereocenters. The zero-order valence-electron chi connectivity index (χ0n) is 21.7. The molecular weight excluding hydrogens is 444 g/mol. The first kappa shape index (κ1) is 34.9. The van der Waals surface area contributed by atoms with Gasteiger partial charge < -0.3 is 14.9 Å². The summed E-state index contributed by atoms with van der Waals surface area (Å²) in [7, 11) is -0.552. The summed E-state index contributed by atoms with van der Waals surface area (Å²) < 4.78 is 34.9. The molecule has 0 aliphatic heterocycles. The van der Waals surface area contributed by atoms with E-state index in [-0.39, 0.29) is 6.61 Å². The minimum atomic E-state index is -4.94. The number of quaternary nitrogens is 1. The molecule has 0 saturated heterocycles. The Kier molecular flexibility index (Phi) is 26.3. The molecule has 0 aromatic rings. The van der Waals surface area contributed by atoms with Crippen LogP contribution in [-0.2, 0) is 0 Å². The van der Waals surface area contributed by atoms with Gasteiger partial charge in [0.25, 0.3) is 0 Å². The van der Waals surface area contributed by atoms with Crippen LogP contribution >= 0.6 is 0 Å². The van der Waals surface area contributed by atoms with E-state index in [4.69, 9.17) is 23.7 Å². The van der Waals surface area contributed by atoms with E-state index in [1.54, 1.807) is 0 Å². The molecule has 0 unspecified atom stereocenters. The molecule has 0 rings (SSSR count). The van der Waals surface area contributed by atoms with Crippen LogP contribution in [0.5, 0.6) is 0 Å². The lowest BCUT2D eigenvalue weighted by molar-refractivity contribution is -2.00. The Morgan fingerprint density at radius 2 is 1.09 bits per heavy atom. The van der Waals surface area contributed by atoms with Crippen LogP contribution in [0.4, 0.5) is 0 Å². The summed E-state index contributed by atoms with van der Waals surface area (Å²) in [6.45, 7) is 6.84. The quantitative estimate of drug-likeness (QED) is 0.132. The van der Waals surface area contributed by atoms with E-state index in [0.29, 0.717) is 0 Å². The second-order valence-corrected chi connectivity index (χ2v) is 10.3. The van der Waals surface area contributed by atoms with Gasteiger partial charge in [0.1, 0.15) is 6.54 Å². The van der Waals surface area contributed by atoms with Gasteiger partial charge in [-0.2, -0.15) is 0 Å². The van der Waals surface area contributed by atoms with Crippen molar-refractivity contribution in [3.05, 3.63) is 12.2 Å². The zero-order valence-corrected chi connectivity index (χ0v) is 22.5. The summed E-state index contributed by atoms with van der Waals surface area (Å²) in [6.07, 6.45) is 25.2. The maximum absolute atomic E-state index is 9.03. The van der Waals surface area contributed by atoms with Gasteiger partial charge in [-0.3, -0.25) is 0 Å². The Morgan fingerprint density at radius 1 is 0.667 bits per heavy atom. The number of rotatable bonds is 22. The van der Waals surface area contributed by atoms with E-state index in [9.17, 15) is 0 Å². The molecule has 0 radical (unpaired) electrons. The average Bonchev–Trinajstić information content (AvgIpc) is 2.71. The summed E-state index contributed by atoms with van der Waals surface area (Å²) in [5, 5.41) is 12.6. The van der Waals surface area contributed by atoms with Gasteiger partial charge in [-0.05, 0) is 38.6 Å². The van der Waals surface area contributed by atoms with Gasteiger partial charge in [0.05, 0.1) is 27.2 Å². The molecule has 7 nitrogen and oxygen atoms in total. The third-order valence-electron chi connectivity index (χ3n) is 5.69. The molecule has 33 heavy (non-hydrogen) atoms. The van der Waals surface area contributed by atoms with E-state index in [1.807, 2.05) is 0 Å². The number of unbranched alkanes of at least 4 members (excludes halogenated alkanes) is 12. The highest BCUT2D eigenvalue weighted by Gasteiger charge is 2.12. The van der Waals surface area contributed by atoms with E-state index in [0.717, 1.165) is 30.7 Å². The predicted molar refractivity (Wildman–Crippen MR) is 126 cm³/mol. The molecule has 2 N–H and O–H groups in total. The van der Waals surface area contributed by atoms with Gasteiger partial charge in [0, 0.05) is 13.0 Å². The lowest BCUT2D eigenvalue weighted by Crippen LogP contribution is -2.68. The molecule has 0 spiro atoms. The van der Waals surface area contributed by atoms with Crippen molar-refractivity contribution in [3.8, 4) is 0 Å². The monoisotopic (exact) mass is 496 g/mol. The van der Waals surface area contributed by atoms with Crippen molar-refractivity contribution < 1.29 is 38.5 Å². The molecule has 0 aliphatic carbocycles. The minimum Gasteiger partial charge on any atom is -0.391 e. The maximum atomic E-state index is 9.03. The van der Waals surface area contributed by atoms with Crippen molar-refractivity contribution in [3.63, 3.8) is 0 Å². The predicted octanol–water partition coefficient (Wildman–Crippen LogP) is 1.32. The number of nitrogens with zero attached hydrogens (tertiary/aromatic N) is 1. The summed E-state index contributed by atoms with van der Waals surface area (Å²) in [6, 6.07) is 0. The van der Waals surface area contributed by atoms with Crippen LogP contribution in [-0.4, -0.2) is 56.5 Å². The van der Waals surface area contributed by atoms with Crippen molar-refractivity contribution in [1.82, 2.24) is 5.32 Å². The number of hydrogen-bond donors (Lipinski definition) is 2. The largest absolute Gasteiger partial charge is 0.391 e. The standard InChI is InChI=1S/C25H53N2O.ClHO4/c1-4-5-6-7-8-9-10-11-12-13-14-15-16-17-18-19-21-26-22-20-23-27(2,3)24-25-28;2-1(3,4)5/h11-12,26,28H,4-10,13-25H2,1-3H3;(H,2,3,4,5)/q+1;/p-1/b12-11-;. The lowest BCUT2D eigenvalue weighted by atomic mass is 10.1. The summed E-state index contributed by atoms with van der Waals surface area (Å²) in [4.78, 5) is 0. The first-order valence-corrected chi connectivity index (χ1v) is 14.3. The fourth-order valence-electron chi connectivity index (χ4n) is 3.64. The SMILES string of the molecule is CCCCCCCC/C=C\CCCCCCCCNCCC[N+](C)(C)CCO.[O-][Cl+3]([O-])([O-])[O-]. The van der Waals surface area contributed by atoms with E-state index < -0.39 is 10.2 Å². The number of aliphatic hydroxyl groups is 1. The summed E-state index contributed by atoms with van der Waals surface area (Å²) in [5.41, 5.74) is 0.